The largest absolute Gasteiger partial charge is 0.281 e. The molecule has 2 rings (SSSR count). The van der Waals surface area contributed by atoms with Crippen molar-refractivity contribution in [2.75, 3.05) is 0 Å². The Morgan fingerprint density at radius 3 is 1.50 bits per heavy atom. The SMILES string of the molecule is O=C(Cl)CC(C(=O)Cl)(c1ccccc1)c1ccccc1. The standard InChI is InChI=1S/C16H12Cl2O2/c17-14(19)11-16(15(18)20,12-7-3-1-4-8-12)13-9-5-2-6-10-13/h1-10H,11H2. The summed E-state index contributed by atoms with van der Waals surface area (Å²) in [5.74, 6) is 0. The molecule has 0 bridgehead atoms. The molecular formula is C16H12Cl2O2. The van der Waals surface area contributed by atoms with E-state index < -0.39 is 15.9 Å². The van der Waals surface area contributed by atoms with Gasteiger partial charge in [0.25, 0.3) is 0 Å². The van der Waals surface area contributed by atoms with Crippen molar-refractivity contribution in [3.8, 4) is 0 Å². The van der Waals surface area contributed by atoms with Crippen LogP contribution in [0.25, 0.3) is 0 Å². The van der Waals surface area contributed by atoms with Crippen LogP contribution < -0.4 is 0 Å². The second-order valence-electron chi connectivity index (χ2n) is 4.44. The van der Waals surface area contributed by atoms with Gasteiger partial charge >= 0.3 is 0 Å². The van der Waals surface area contributed by atoms with Gasteiger partial charge in [0.15, 0.2) is 0 Å². The van der Waals surface area contributed by atoms with Crippen molar-refractivity contribution < 1.29 is 9.59 Å². The van der Waals surface area contributed by atoms with Gasteiger partial charge in [-0.25, -0.2) is 0 Å². The molecule has 4 heteroatoms. The number of hydrogen-bond acceptors (Lipinski definition) is 2. The maximum Gasteiger partial charge on any atom is 0.237 e. The number of carbonyl (C=O) groups is 2. The van der Waals surface area contributed by atoms with Crippen molar-refractivity contribution in [2.45, 2.75) is 11.8 Å². The highest BCUT2D eigenvalue weighted by Gasteiger charge is 2.42. The maximum absolute atomic E-state index is 12.2. The molecule has 0 saturated carbocycles. The summed E-state index contributed by atoms with van der Waals surface area (Å²) >= 11 is 11.4. The summed E-state index contributed by atoms with van der Waals surface area (Å²) in [4.78, 5) is 23.6. The first kappa shape index (κ1) is 14.8. The lowest BCUT2D eigenvalue weighted by Gasteiger charge is -2.30. The molecule has 2 aromatic carbocycles. The zero-order chi connectivity index (χ0) is 14.6. The molecule has 0 fully saturated rings. The molecule has 0 saturated heterocycles. The van der Waals surface area contributed by atoms with Gasteiger partial charge in [0.1, 0.15) is 5.41 Å². The Kier molecular flexibility index (Phi) is 4.58. The second-order valence-corrected chi connectivity index (χ2v) is 5.21. The van der Waals surface area contributed by atoms with Gasteiger partial charge in [-0.1, -0.05) is 60.7 Å². The predicted octanol–water partition coefficient (Wildman–Crippen LogP) is 3.89. The Bertz CT molecular complexity index is 569. The topological polar surface area (TPSA) is 34.1 Å². The molecule has 20 heavy (non-hydrogen) atoms. The van der Waals surface area contributed by atoms with Gasteiger partial charge in [-0.3, -0.25) is 9.59 Å². The van der Waals surface area contributed by atoms with Crippen molar-refractivity contribution in [3.63, 3.8) is 0 Å². The zero-order valence-corrected chi connectivity index (χ0v) is 12.1. The molecule has 0 radical (unpaired) electrons. The third kappa shape index (κ3) is 2.77. The van der Waals surface area contributed by atoms with Crippen LogP contribution >= 0.6 is 23.2 Å². The molecule has 2 aromatic rings. The Labute approximate surface area is 127 Å². The number of benzene rings is 2. The summed E-state index contributed by atoms with van der Waals surface area (Å²) in [5.41, 5.74) is 0.0588. The minimum Gasteiger partial charge on any atom is -0.281 e. The normalized spacial score (nSPS) is 11.1. The highest BCUT2D eigenvalue weighted by Crippen LogP contribution is 2.38. The van der Waals surface area contributed by atoms with E-state index in [1.807, 2.05) is 12.1 Å². The Morgan fingerprint density at radius 1 is 0.800 bits per heavy atom. The van der Waals surface area contributed by atoms with Gasteiger partial charge < -0.3 is 0 Å². The molecule has 0 N–H and O–H groups in total. The molecule has 0 amide bonds. The van der Waals surface area contributed by atoms with Crippen molar-refractivity contribution >= 4 is 33.7 Å². The van der Waals surface area contributed by atoms with E-state index in [0.29, 0.717) is 11.1 Å². The predicted molar refractivity (Wildman–Crippen MR) is 80.0 cm³/mol. The van der Waals surface area contributed by atoms with Gasteiger partial charge in [-0.15, -0.1) is 0 Å². The summed E-state index contributed by atoms with van der Waals surface area (Å²) in [6, 6.07) is 17.9. The fourth-order valence-corrected chi connectivity index (χ4v) is 2.81. The average Bonchev–Trinajstić information content (AvgIpc) is 2.46. The average molecular weight is 307 g/mol. The van der Waals surface area contributed by atoms with E-state index in [9.17, 15) is 9.59 Å². The molecule has 0 aliphatic carbocycles. The molecule has 0 aliphatic rings. The lowest BCUT2D eigenvalue weighted by molar-refractivity contribution is -0.120. The van der Waals surface area contributed by atoms with Gasteiger partial charge in [-0.05, 0) is 34.3 Å². The van der Waals surface area contributed by atoms with E-state index in [-0.39, 0.29) is 6.42 Å². The van der Waals surface area contributed by atoms with Crippen LogP contribution in [-0.2, 0) is 15.0 Å². The molecule has 0 spiro atoms. The molecule has 0 atom stereocenters. The highest BCUT2D eigenvalue weighted by atomic mass is 35.5. The highest BCUT2D eigenvalue weighted by molar-refractivity contribution is 6.68. The quantitative estimate of drug-likeness (QED) is 0.785. The monoisotopic (exact) mass is 306 g/mol. The van der Waals surface area contributed by atoms with Crippen LogP contribution in [0.4, 0.5) is 0 Å². The van der Waals surface area contributed by atoms with Crippen LogP contribution in [0.3, 0.4) is 0 Å². The first-order valence-corrected chi connectivity index (χ1v) is 6.82. The number of rotatable bonds is 5. The van der Waals surface area contributed by atoms with Crippen LogP contribution in [0.15, 0.2) is 60.7 Å². The third-order valence-electron chi connectivity index (χ3n) is 3.27. The maximum atomic E-state index is 12.2. The first-order valence-electron chi connectivity index (χ1n) is 6.06. The first-order chi connectivity index (χ1) is 9.57. The summed E-state index contributed by atoms with van der Waals surface area (Å²) in [7, 11) is 0. The van der Waals surface area contributed by atoms with Crippen molar-refractivity contribution in [1.82, 2.24) is 0 Å². The summed E-state index contributed by atoms with van der Waals surface area (Å²) in [6.07, 6.45) is -0.176. The van der Waals surface area contributed by atoms with Crippen LogP contribution in [0.2, 0.25) is 0 Å². The van der Waals surface area contributed by atoms with Crippen LogP contribution in [0.1, 0.15) is 17.5 Å². The fraction of sp³-hybridized carbons (Fsp3) is 0.125. The Balaban J connectivity index is 2.69. The summed E-state index contributed by atoms with van der Waals surface area (Å²) < 4.78 is 0. The molecule has 102 valence electrons. The number of halogens is 2. The zero-order valence-electron chi connectivity index (χ0n) is 10.6. The molecule has 0 aliphatic heterocycles. The minimum absolute atomic E-state index is 0.176. The van der Waals surface area contributed by atoms with Gasteiger partial charge in [0.05, 0.1) is 0 Å². The van der Waals surface area contributed by atoms with Gasteiger partial charge in [0.2, 0.25) is 10.5 Å². The Hall–Kier alpha value is -1.64. The van der Waals surface area contributed by atoms with E-state index in [0.717, 1.165) is 0 Å². The smallest absolute Gasteiger partial charge is 0.237 e. The van der Waals surface area contributed by atoms with Crippen molar-refractivity contribution in [2.24, 2.45) is 0 Å². The van der Waals surface area contributed by atoms with Crippen molar-refractivity contribution in [1.29, 1.82) is 0 Å². The second kappa shape index (κ2) is 6.21. The summed E-state index contributed by atoms with van der Waals surface area (Å²) in [5, 5.41) is -1.23. The van der Waals surface area contributed by atoms with Crippen LogP contribution in [0.5, 0.6) is 0 Å². The van der Waals surface area contributed by atoms with E-state index in [2.05, 4.69) is 0 Å². The van der Waals surface area contributed by atoms with E-state index in [1.54, 1.807) is 48.5 Å². The minimum atomic E-state index is -1.25. The lowest BCUT2D eigenvalue weighted by Crippen LogP contribution is -2.36. The fourth-order valence-electron chi connectivity index (χ4n) is 2.32. The lowest BCUT2D eigenvalue weighted by atomic mass is 9.73. The third-order valence-corrected chi connectivity index (χ3v) is 3.73. The molecule has 0 aromatic heterocycles. The van der Waals surface area contributed by atoms with Crippen LogP contribution in [-0.4, -0.2) is 10.5 Å². The number of hydrogen-bond donors (Lipinski definition) is 0. The Morgan fingerprint density at radius 2 is 1.20 bits per heavy atom. The van der Waals surface area contributed by atoms with Gasteiger partial charge in [-0.2, -0.15) is 0 Å². The van der Waals surface area contributed by atoms with E-state index in [1.165, 1.54) is 0 Å². The summed E-state index contributed by atoms with van der Waals surface area (Å²) in [6.45, 7) is 0. The molecule has 0 heterocycles. The number of carbonyl (C=O) groups excluding carboxylic acids is 2. The molecule has 0 unspecified atom stereocenters. The molecular weight excluding hydrogens is 295 g/mol. The van der Waals surface area contributed by atoms with Crippen molar-refractivity contribution in [3.05, 3.63) is 71.8 Å². The van der Waals surface area contributed by atoms with Crippen LogP contribution in [0, 0.1) is 0 Å². The van der Waals surface area contributed by atoms with E-state index >= 15 is 0 Å². The molecule has 2 nitrogen and oxygen atoms in total. The van der Waals surface area contributed by atoms with Gasteiger partial charge in [0, 0.05) is 6.42 Å². The van der Waals surface area contributed by atoms with E-state index in [4.69, 9.17) is 23.2 Å².